The van der Waals surface area contributed by atoms with Crippen molar-refractivity contribution in [3.8, 4) is 0 Å². The van der Waals surface area contributed by atoms with Gasteiger partial charge in [-0.15, -0.1) is 10.2 Å². The van der Waals surface area contributed by atoms with E-state index in [-0.39, 0.29) is 0 Å². The molecule has 0 atom stereocenters. The number of rotatable bonds is 2. The molecule has 0 aliphatic heterocycles. The van der Waals surface area contributed by atoms with Crippen LogP contribution in [0.5, 0.6) is 0 Å². The average molecular weight is 284 g/mol. The maximum absolute atomic E-state index is 4.31. The van der Waals surface area contributed by atoms with Crippen LogP contribution in [0.3, 0.4) is 0 Å². The number of nitrogens with zero attached hydrogens (tertiary/aromatic N) is 4. The molecule has 0 aliphatic rings. The van der Waals surface area contributed by atoms with Gasteiger partial charge in [-0.1, -0.05) is 36.4 Å². The predicted octanol–water partition coefficient (Wildman–Crippen LogP) is 5.20. The van der Waals surface area contributed by atoms with Crippen LogP contribution in [-0.2, 0) is 0 Å². The van der Waals surface area contributed by atoms with Crippen LogP contribution in [0.4, 0.5) is 11.4 Å². The first kappa shape index (κ1) is 12.6. The third kappa shape index (κ3) is 2.31. The molecular formula is C18H12N4. The van der Waals surface area contributed by atoms with Gasteiger partial charge in [0.25, 0.3) is 0 Å². The van der Waals surface area contributed by atoms with Gasteiger partial charge in [0.2, 0.25) is 0 Å². The van der Waals surface area contributed by atoms with E-state index in [1.54, 1.807) is 0 Å². The Bertz CT molecular complexity index is 978. The molecule has 1 heterocycles. The molecule has 0 bridgehead atoms. The summed E-state index contributed by atoms with van der Waals surface area (Å²) in [6.07, 6.45) is 0. The maximum atomic E-state index is 4.31. The summed E-state index contributed by atoms with van der Waals surface area (Å²) in [5.41, 5.74) is 3.37. The van der Waals surface area contributed by atoms with Crippen LogP contribution in [0, 0.1) is 0 Å². The van der Waals surface area contributed by atoms with Gasteiger partial charge in [0.05, 0.1) is 22.4 Å². The Labute approximate surface area is 127 Å². The van der Waals surface area contributed by atoms with Crippen molar-refractivity contribution in [3.63, 3.8) is 0 Å². The van der Waals surface area contributed by atoms with Crippen molar-refractivity contribution in [1.29, 1.82) is 0 Å². The zero-order valence-electron chi connectivity index (χ0n) is 11.7. The van der Waals surface area contributed by atoms with Crippen molar-refractivity contribution in [2.75, 3.05) is 0 Å². The second kappa shape index (κ2) is 5.33. The first-order chi connectivity index (χ1) is 10.9. The predicted molar refractivity (Wildman–Crippen MR) is 87.7 cm³/mol. The molecule has 0 aliphatic carbocycles. The zero-order chi connectivity index (χ0) is 14.8. The Morgan fingerprint density at radius 2 is 1.23 bits per heavy atom. The number of benzene rings is 3. The van der Waals surface area contributed by atoms with E-state index in [1.165, 1.54) is 0 Å². The van der Waals surface area contributed by atoms with Crippen LogP contribution in [0.1, 0.15) is 0 Å². The van der Waals surface area contributed by atoms with Crippen molar-refractivity contribution >= 4 is 33.2 Å². The SMILES string of the molecule is c1ccc(N=Nc2ccc3nnc4ccccc4c3c2)cc1. The molecule has 4 aromatic rings. The summed E-state index contributed by atoms with van der Waals surface area (Å²) in [7, 11) is 0. The van der Waals surface area contributed by atoms with Gasteiger partial charge in [0.1, 0.15) is 0 Å². The molecule has 104 valence electrons. The molecule has 0 saturated heterocycles. The van der Waals surface area contributed by atoms with E-state index in [1.807, 2.05) is 72.8 Å². The molecule has 0 amide bonds. The minimum atomic E-state index is 0.800. The number of azo groups is 1. The molecule has 4 heteroatoms. The van der Waals surface area contributed by atoms with Crippen molar-refractivity contribution in [2.24, 2.45) is 10.2 Å². The highest BCUT2D eigenvalue weighted by Crippen LogP contribution is 2.27. The Hall–Kier alpha value is -3.14. The van der Waals surface area contributed by atoms with Gasteiger partial charge in [-0.2, -0.15) is 10.2 Å². The number of aromatic nitrogens is 2. The Morgan fingerprint density at radius 3 is 2.09 bits per heavy atom. The van der Waals surface area contributed by atoms with Gasteiger partial charge in [-0.05, 0) is 36.4 Å². The number of fused-ring (bicyclic) bond motifs is 3. The fraction of sp³-hybridized carbons (Fsp3) is 0. The highest BCUT2D eigenvalue weighted by atomic mass is 15.1. The lowest BCUT2D eigenvalue weighted by atomic mass is 10.1. The van der Waals surface area contributed by atoms with Crippen molar-refractivity contribution in [3.05, 3.63) is 72.8 Å². The van der Waals surface area contributed by atoms with Crippen LogP contribution in [-0.4, -0.2) is 10.2 Å². The summed E-state index contributed by atoms with van der Waals surface area (Å²) in [6.45, 7) is 0. The molecule has 0 fully saturated rings. The van der Waals surface area contributed by atoms with Crippen LogP contribution >= 0.6 is 0 Å². The van der Waals surface area contributed by atoms with Crippen molar-refractivity contribution in [1.82, 2.24) is 10.2 Å². The lowest BCUT2D eigenvalue weighted by molar-refractivity contribution is 1.12. The highest BCUT2D eigenvalue weighted by Gasteiger charge is 2.03. The fourth-order valence-corrected chi connectivity index (χ4v) is 2.40. The summed E-state index contributed by atoms with van der Waals surface area (Å²) in [6, 6.07) is 23.5. The standard InChI is InChI=1S/C18H12N4/c1-2-6-13(7-3-1)19-20-14-10-11-18-16(12-14)15-8-4-5-9-17(15)21-22-18/h1-12H. The molecule has 0 unspecified atom stereocenters. The second-order valence-electron chi connectivity index (χ2n) is 4.95. The van der Waals surface area contributed by atoms with E-state index in [0.29, 0.717) is 0 Å². The zero-order valence-corrected chi connectivity index (χ0v) is 11.7. The van der Waals surface area contributed by atoms with Crippen LogP contribution < -0.4 is 0 Å². The van der Waals surface area contributed by atoms with Gasteiger partial charge in [0.15, 0.2) is 0 Å². The van der Waals surface area contributed by atoms with Gasteiger partial charge in [-0.3, -0.25) is 0 Å². The Morgan fingerprint density at radius 1 is 0.545 bits per heavy atom. The summed E-state index contributed by atoms with van der Waals surface area (Å²) >= 11 is 0. The smallest absolute Gasteiger partial charge is 0.0937 e. The van der Waals surface area contributed by atoms with Gasteiger partial charge in [0, 0.05) is 10.8 Å². The van der Waals surface area contributed by atoms with Crippen molar-refractivity contribution in [2.45, 2.75) is 0 Å². The molecule has 22 heavy (non-hydrogen) atoms. The van der Waals surface area contributed by atoms with Crippen LogP contribution in [0.15, 0.2) is 83.0 Å². The molecule has 4 rings (SSSR count). The second-order valence-corrected chi connectivity index (χ2v) is 4.95. The minimum absolute atomic E-state index is 0.800. The quantitative estimate of drug-likeness (QED) is 0.375. The third-order valence-corrected chi connectivity index (χ3v) is 3.48. The number of hydrogen-bond acceptors (Lipinski definition) is 4. The highest BCUT2D eigenvalue weighted by molar-refractivity contribution is 6.04. The molecule has 0 N–H and O–H groups in total. The van der Waals surface area contributed by atoms with Gasteiger partial charge in [-0.25, -0.2) is 0 Å². The maximum Gasteiger partial charge on any atom is 0.0937 e. The summed E-state index contributed by atoms with van der Waals surface area (Å²) in [5, 5.41) is 19.1. The van der Waals surface area contributed by atoms with Gasteiger partial charge < -0.3 is 0 Å². The molecule has 3 aromatic carbocycles. The van der Waals surface area contributed by atoms with Gasteiger partial charge >= 0.3 is 0 Å². The Kier molecular flexibility index (Phi) is 3.05. The van der Waals surface area contributed by atoms with E-state index in [4.69, 9.17) is 0 Å². The summed E-state index contributed by atoms with van der Waals surface area (Å²) in [5.74, 6) is 0. The monoisotopic (exact) mass is 284 g/mol. The van der Waals surface area contributed by atoms with Crippen molar-refractivity contribution < 1.29 is 0 Å². The summed E-state index contributed by atoms with van der Waals surface area (Å²) < 4.78 is 0. The molecular weight excluding hydrogens is 272 g/mol. The van der Waals surface area contributed by atoms with E-state index in [0.717, 1.165) is 33.2 Å². The number of hydrogen-bond donors (Lipinski definition) is 0. The molecule has 0 saturated carbocycles. The van der Waals surface area contributed by atoms with E-state index >= 15 is 0 Å². The summed E-state index contributed by atoms with van der Waals surface area (Å²) in [4.78, 5) is 0. The normalized spacial score (nSPS) is 11.5. The lowest BCUT2D eigenvalue weighted by Crippen LogP contribution is -1.86. The largest absolute Gasteiger partial charge is 0.151 e. The van der Waals surface area contributed by atoms with E-state index < -0.39 is 0 Å². The topological polar surface area (TPSA) is 50.5 Å². The van der Waals surface area contributed by atoms with Crippen LogP contribution in [0.25, 0.3) is 21.8 Å². The van der Waals surface area contributed by atoms with E-state index in [9.17, 15) is 0 Å². The lowest BCUT2D eigenvalue weighted by Gasteiger charge is -2.02. The molecule has 1 aromatic heterocycles. The van der Waals surface area contributed by atoms with Crippen LogP contribution in [0.2, 0.25) is 0 Å². The molecule has 0 radical (unpaired) electrons. The van der Waals surface area contributed by atoms with E-state index in [2.05, 4.69) is 20.4 Å². The fourth-order valence-electron chi connectivity index (χ4n) is 2.40. The minimum Gasteiger partial charge on any atom is -0.151 e. The molecule has 4 nitrogen and oxygen atoms in total. The first-order valence-corrected chi connectivity index (χ1v) is 7.02. The average Bonchev–Trinajstić information content (AvgIpc) is 2.60. The first-order valence-electron chi connectivity index (χ1n) is 7.02. The third-order valence-electron chi connectivity index (χ3n) is 3.48. The Balaban J connectivity index is 1.83. The molecule has 0 spiro atoms.